The molecule has 0 saturated heterocycles. The third-order valence-electron chi connectivity index (χ3n) is 8.07. The van der Waals surface area contributed by atoms with Crippen molar-refractivity contribution in [3.8, 4) is 0 Å². The number of hydrogen-bond donors (Lipinski definition) is 0. The van der Waals surface area contributed by atoms with Crippen LogP contribution in [0.5, 0.6) is 0 Å². The van der Waals surface area contributed by atoms with Crippen LogP contribution in [0.4, 0.5) is 5.69 Å². The molecule has 7 nitrogen and oxygen atoms in total. The lowest BCUT2D eigenvalue weighted by atomic mass is 9.64. The van der Waals surface area contributed by atoms with E-state index in [-0.39, 0.29) is 24.4 Å². The van der Waals surface area contributed by atoms with Gasteiger partial charge in [-0.15, -0.1) is 0 Å². The Morgan fingerprint density at radius 2 is 1.44 bits per heavy atom. The number of fused-ring (bicyclic) bond motifs is 2. The summed E-state index contributed by atoms with van der Waals surface area (Å²) in [7, 11) is 0. The van der Waals surface area contributed by atoms with E-state index in [0.29, 0.717) is 22.4 Å². The molecule has 1 spiro atoms. The first-order valence-corrected chi connectivity index (χ1v) is 13.6. The van der Waals surface area contributed by atoms with Crippen molar-refractivity contribution in [3.63, 3.8) is 0 Å². The maximum atomic E-state index is 14.5. The molecule has 1 aliphatic carbocycles. The highest BCUT2D eigenvalue weighted by molar-refractivity contribution is 6.26. The summed E-state index contributed by atoms with van der Waals surface area (Å²) in [6.07, 6.45) is 1.43. The number of carbonyl (C=O) groups excluding carboxylic acids is 5. The molecule has 0 fully saturated rings. The number of allylic oxidation sites excluding steroid dienone is 1. The normalized spacial score (nSPS) is 21.0. The van der Waals surface area contributed by atoms with Crippen LogP contribution in [-0.2, 0) is 24.5 Å². The van der Waals surface area contributed by atoms with Gasteiger partial charge in [-0.3, -0.25) is 24.0 Å². The lowest BCUT2D eigenvalue weighted by Gasteiger charge is -2.35. The van der Waals surface area contributed by atoms with E-state index in [1.165, 1.54) is 6.92 Å². The second-order valence-electron chi connectivity index (χ2n) is 10.6. The van der Waals surface area contributed by atoms with Crippen LogP contribution in [0.3, 0.4) is 0 Å². The molecule has 208 valence electrons. The minimum absolute atomic E-state index is 0.0244. The Morgan fingerprint density at radius 1 is 0.854 bits per heavy atom. The van der Waals surface area contributed by atoms with Gasteiger partial charge in [0.2, 0.25) is 11.8 Å². The number of nitrogens with zero attached hydrogens (tertiary/aromatic N) is 1. The molecule has 1 unspecified atom stereocenters. The summed E-state index contributed by atoms with van der Waals surface area (Å²) in [5.41, 5.74) is 1.87. The summed E-state index contributed by atoms with van der Waals surface area (Å²) in [5, 5.41) is 0. The third-order valence-corrected chi connectivity index (χ3v) is 8.07. The number of benzene rings is 3. The Labute approximate surface area is 238 Å². The van der Waals surface area contributed by atoms with Gasteiger partial charge in [0.1, 0.15) is 11.3 Å². The average Bonchev–Trinajstić information content (AvgIpc) is 3.42. The summed E-state index contributed by atoms with van der Waals surface area (Å²) >= 11 is 0. The predicted molar refractivity (Wildman–Crippen MR) is 154 cm³/mol. The van der Waals surface area contributed by atoms with Gasteiger partial charge >= 0.3 is 5.97 Å². The first-order chi connectivity index (χ1) is 19.6. The number of esters is 1. The first-order valence-electron chi connectivity index (χ1n) is 13.6. The van der Waals surface area contributed by atoms with Crippen LogP contribution in [0.1, 0.15) is 57.7 Å². The molecule has 5 rings (SSSR count). The maximum absolute atomic E-state index is 14.5. The molecule has 0 radical (unpaired) electrons. The second kappa shape index (κ2) is 10.7. The summed E-state index contributed by atoms with van der Waals surface area (Å²) in [6, 6.07) is 20.8. The van der Waals surface area contributed by atoms with E-state index in [9.17, 15) is 24.0 Å². The predicted octanol–water partition coefficient (Wildman–Crippen LogP) is 5.33. The number of imide groups is 1. The number of para-hydroxylation sites is 1. The van der Waals surface area contributed by atoms with Gasteiger partial charge in [-0.25, -0.2) is 4.90 Å². The molecule has 3 aromatic rings. The standard InChI is InChI=1S/C34H31NO6/c1-5-41-32(39)30-26(31(38)24-16-12-21(3)13-17-24)18-25(19-29(37)23-14-10-20(2)11-15-23)34(30)27-8-6-7-9-28(27)35(22(4)36)33(34)40/h6-18,25,30H,5,19H2,1-4H3/t25-,30?,34-/m0/s1. The SMILES string of the molecule is CCOC(=O)C1C(C(=O)c2ccc(C)cc2)=C[C@@H](CC(=O)c2ccc(C)cc2)[C@@]12C(=O)N(C(C)=O)c1ccccc12. The lowest BCUT2D eigenvalue weighted by molar-refractivity contribution is -0.152. The zero-order valence-corrected chi connectivity index (χ0v) is 23.5. The van der Waals surface area contributed by atoms with Gasteiger partial charge in [-0.2, -0.15) is 0 Å². The van der Waals surface area contributed by atoms with Crippen molar-refractivity contribution in [2.24, 2.45) is 11.8 Å². The van der Waals surface area contributed by atoms with Crippen molar-refractivity contribution in [1.82, 2.24) is 0 Å². The summed E-state index contributed by atoms with van der Waals surface area (Å²) in [4.78, 5) is 69.9. The third kappa shape index (κ3) is 4.51. The molecule has 0 saturated carbocycles. The largest absolute Gasteiger partial charge is 0.465 e. The molecule has 7 heteroatoms. The molecule has 0 N–H and O–H groups in total. The fourth-order valence-electron chi connectivity index (χ4n) is 6.18. The molecular formula is C34H31NO6. The number of hydrogen-bond acceptors (Lipinski definition) is 6. The zero-order valence-electron chi connectivity index (χ0n) is 23.5. The van der Waals surface area contributed by atoms with Gasteiger partial charge in [0.25, 0.3) is 0 Å². The fraction of sp³-hybridized carbons (Fsp3) is 0.265. The first kappa shape index (κ1) is 27.9. The Hall–Kier alpha value is -4.65. The molecule has 41 heavy (non-hydrogen) atoms. The van der Waals surface area contributed by atoms with E-state index in [1.807, 2.05) is 26.0 Å². The van der Waals surface area contributed by atoms with E-state index in [1.54, 1.807) is 73.7 Å². The average molecular weight is 550 g/mol. The zero-order chi connectivity index (χ0) is 29.5. The summed E-state index contributed by atoms with van der Waals surface area (Å²) in [5.74, 6) is -4.85. The van der Waals surface area contributed by atoms with Crippen molar-refractivity contribution in [2.75, 3.05) is 11.5 Å². The van der Waals surface area contributed by atoms with Crippen LogP contribution in [0.2, 0.25) is 0 Å². The number of anilines is 1. The molecular weight excluding hydrogens is 518 g/mol. The van der Waals surface area contributed by atoms with E-state index in [2.05, 4.69) is 0 Å². The van der Waals surface area contributed by atoms with Crippen LogP contribution in [-0.4, -0.2) is 36.0 Å². The number of ether oxygens (including phenoxy) is 1. The number of ketones is 2. The monoisotopic (exact) mass is 549 g/mol. The van der Waals surface area contributed by atoms with Crippen molar-refractivity contribution in [1.29, 1.82) is 0 Å². The van der Waals surface area contributed by atoms with Crippen LogP contribution < -0.4 is 4.90 Å². The smallest absolute Gasteiger partial charge is 0.315 e. The lowest BCUT2D eigenvalue weighted by Crippen LogP contribution is -2.52. The van der Waals surface area contributed by atoms with Crippen molar-refractivity contribution < 1.29 is 28.7 Å². The van der Waals surface area contributed by atoms with Crippen LogP contribution >= 0.6 is 0 Å². The Kier molecular flexibility index (Phi) is 7.30. The van der Waals surface area contributed by atoms with Gasteiger partial charge in [-0.1, -0.05) is 83.9 Å². The summed E-state index contributed by atoms with van der Waals surface area (Å²) < 4.78 is 5.49. The number of Topliss-reactive ketones (excluding diaryl/α,β-unsaturated/α-hetero) is 2. The van der Waals surface area contributed by atoms with E-state index < -0.39 is 40.8 Å². The van der Waals surface area contributed by atoms with Crippen molar-refractivity contribution in [2.45, 2.75) is 39.5 Å². The topological polar surface area (TPSA) is 97.8 Å². The van der Waals surface area contributed by atoms with Gasteiger partial charge in [0.05, 0.1) is 12.3 Å². The van der Waals surface area contributed by atoms with Crippen LogP contribution in [0.15, 0.2) is 84.4 Å². The Balaban J connectivity index is 1.74. The highest BCUT2D eigenvalue weighted by Crippen LogP contribution is 2.58. The fourth-order valence-corrected chi connectivity index (χ4v) is 6.18. The van der Waals surface area contributed by atoms with Crippen molar-refractivity contribution in [3.05, 3.63) is 112 Å². The van der Waals surface area contributed by atoms with E-state index in [0.717, 1.165) is 16.0 Å². The number of aryl methyl sites for hydroxylation is 2. The quantitative estimate of drug-likeness (QED) is 0.292. The number of rotatable bonds is 7. The minimum atomic E-state index is -1.72. The van der Waals surface area contributed by atoms with Crippen LogP contribution in [0, 0.1) is 25.7 Å². The Bertz CT molecular complexity index is 1600. The molecule has 2 aliphatic rings. The highest BCUT2D eigenvalue weighted by atomic mass is 16.5. The number of amides is 2. The van der Waals surface area contributed by atoms with Gasteiger partial charge in [-0.05, 0) is 32.4 Å². The molecule has 1 heterocycles. The van der Waals surface area contributed by atoms with E-state index in [4.69, 9.17) is 4.74 Å². The van der Waals surface area contributed by atoms with Crippen LogP contribution in [0.25, 0.3) is 0 Å². The van der Waals surface area contributed by atoms with Crippen molar-refractivity contribution >= 4 is 35.0 Å². The molecule has 2 amide bonds. The second-order valence-corrected chi connectivity index (χ2v) is 10.6. The minimum Gasteiger partial charge on any atom is -0.465 e. The van der Waals surface area contributed by atoms with Gasteiger partial charge in [0, 0.05) is 36.0 Å². The van der Waals surface area contributed by atoms with E-state index >= 15 is 0 Å². The maximum Gasteiger partial charge on any atom is 0.315 e. The summed E-state index contributed by atoms with van der Waals surface area (Å²) in [6.45, 7) is 6.77. The number of carbonyl (C=O) groups is 5. The highest BCUT2D eigenvalue weighted by Gasteiger charge is 2.67. The molecule has 0 aromatic heterocycles. The molecule has 0 bridgehead atoms. The molecule has 3 atom stereocenters. The molecule has 3 aromatic carbocycles. The molecule has 1 aliphatic heterocycles. The van der Waals surface area contributed by atoms with Gasteiger partial charge in [0.15, 0.2) is 11.6 Å². The van der Waals surface area contributed by atoms with Gasteiger partial charge < -0.3 is 4.74 Å². The Morgan fingerprint density at radius 3 is 2.02 bits per heavy atom.